The third kappa shape index (κ3) is 6.20. The molecule has 2 aromatic carbocycles. The van der Waals surface area contributed by atoms with Crippen molar-refractivity contribution >= 4 is 17.5 Å². The topological polar surface area (TPSA) is 47.6 Å². The number of carbonyl (C=O) groups is 1. The summed E-state index contributed by atoms with van der Waals surface area (Å²) in [6.07, 6.45) is 0.144. The largest absolute Gasteiger partial charge is 0.491 e. The van der Waals surface area contributed by atoms with Crippen molar-refractivity contribution < 1.29 is 14.3 Å². The lowest BCUT2D eigenvalue weighted by atomic mass is 10.2. The van der Waals surface area contributed by atoms with E-state index in [1.54, 1.807) is 24.3 Å². The van der Waals surface area contributed by atoms with Crippen LogP contribution in [0.5, 0.6) is 11.5 Å². The summed E-state index contributed by atoms with van der Waals surface area (Å²) in [5.41, 5.74) is 1.00. The number of benzene rings is 2. The smallest absolute Gasteiger partial charge is 0.258 e. The number of amides is 1. The van der Waals surface area contributed by atoms with Gasteiger partial charge in [-0.3, -0.25) is 4.79 Å². The van der Waals surface area contributed by atoms with Crippen LogP contribution in [0, 0.1) is 0 Å². The van der Waals surface area contributed by atoms with E-state index in [9.17, 15) is 4.79 Å². The van der Waals surface area contributed by atoms with Crippen molar-refractivity contribution in [2.24, 2.45) is 0 Å². The summed E-state index contributed by atoms with van der Waals surface area (Å²) in [4.78, 5) is 11.8. The van der Waals surface area contributed by atoms with Gasteiger partial charge in [0.05, 0.1) is 6.10 Å². The van der Waals surface area contributed by atoms with E-state index in [0.717, 1.165) is 11.3 Å². The zero-order chi connectivity index (χ0) is 16.7. The predicted molar refractivity (Wildman–Crippen MR) is 91.0 cm³/mol. The van der Waals surface area contributed by atoms with Crippen LogP contribution in [0.15, 0.2) is 48.5 Å². The first-order chi connectivity index (χ1) is 11.0. The molecule has 2 aromatic rings. The second-order valence-corrected chi connectivity index (χ2v) is 5.77. The normalized spacial score (nSPS) is 10.4. The highest BCUT2D eigenvalue weighted by Gasteiger charge is 2.04. The zero-order valence-electron chi connectivity index (χ0n) is 13.2. The van der Waals surface area contributed by atoms with Gasteiger partial charge in [0.15, 0.2) is 6.61 Å². The van der Waals surface area contributed by atoms with E-state index in [2.05, 4.69) is 5.32 Å². The molecule has 0 aliphatic rings. The van der Waals surface area contributed by atoms with Crippen LogP contribution in [0.25, 0.3) is 0 Å². The van der Waals surface area contributed by atoms with Crippen LogP contribution in [-0.4, -0.2) is 18.6 Å². The Morgan fingerprint density at radius 3 is 2.26 bits per heavy atom. The number of rotatable bonds is 7. The SMILES string of the molecule is CC(C)Oc1ccc(CNC(=O)COc2ccc(Cl)cc2)cc1. The average molecular weight is 334 g/mol. The van der Waals surface area contributed by atoms with Gasteiger partial charge in [-0.1, -0.05) is 23.7 Å². The summed E-state index contributed by atoms with van der Waals surface area (Å²) < 4.78 is 11.0. The van der Waals surface area contributed by atoms with Crippen molar-refractivity contribution in [3.63, 3.8) is 0 Å². The molecule has 0 aliphatic heterocycles. The number of ether oxygens (including phenoxy) is 2. The van der Waals surface area contributed by atoms with Gasteiger partial charge in [0.1, 0.15) is 11.5 Å². The highest BCUT2D eigenvalue weighted by atomic mass is 35.5. The molecule has 0 radical (unpaired) electrons. The van der Waals surface area contributed by atoms with Gasteiger partial charge in [-0.05, 0) is 55.8 Å². The first-order valence-corrected chi connectivity index (χ1v) is 7.81. The van der Waals surface area contributed by atoms with Gasteiger partial charge < -0.3 is 14.8 Å². The number of hydrogen-bond acceptors (Lipinski definition) is 3. The van der Waals surface area contributed by atoms with Crippen LogP contribution < -0.4 is 14.8 Å². The molecule has 2 rings (SSSR count). The fourth-order valence-corrected chi connectivity index (χ4v) is 2.02. The van der Waals surface area contributed by atoms with Gasteiger partial charge in [0.25, 0.3) is 5.91 Å². The molecule has 0 saturated heterocycles. The predicted octanol–water partition coefficient (Wildman–Crippen LogP) is 3.82. The molecule has 0 aromatic heterocycles. The third-order valence-electron chi connectivity index (χ3n) is 2.97. The standard InChI is InChI=1S/C18H20ClNO3/c1-13(2)23-17-7-3-14(4-8-17)11-20-18(21)12-22-16-9-5-15(19)6-10-16/h3-10,13H,11-12H2,1-2H3,(H,20,21). The fraction of sp³-hybridized carbons (Fsp3) is 0.278. The number of halogens is 1. The Labute approximate surface area is 141 Å². The molecule has 23 heavy (non-hydrogen) atoms. The maximum atomic E-state index is 11.8. The van der Waals surface area contributed by atoms with Gasteiger partial charge in [-0.2, -0.15) is 0 Å². The molecular formula is C18H20ClNO3. The van der Waals surface area contributed by atoms with Crippen molar-refractivity contribution in [2.45, 2.75) is 26.5 Å². The van der Waals surface area contributed by atoms with Gasteiger partial charge in [0.2, 0.25) is 0 Å². The average Bonchev–Trinajstić information content (AvgIpc) is 2.53. The van der Waals surface area contributed by atoms with Crippen molar-refractivity contribution in [1.29, 1.82) is 0 Å². The first kappa shape index (κ1) is 17.2. The molecule has 122 valence electrons. The minimum atomic E-state index is -0.178. The van der Waals surface area contributed by atoms with Crippen LogP contribution in [0.3, 0.4) is 0 Å². The van der Waals surface area contributed by atoms with Gasteiger partial charge in [0, 0.05) is 11.6 Å². The minimum absolute atomic E-state index is 0.0316. The Morgan fingerprint density at radius 1 is 1.04 bits per heavy atom. The summed E-state index contributed by atoms with van der Waals surface area (Å²) in [7, 11) is 0. The van der Waals surface area contributed by atoms with Crippen LogP contribution in [0.2, 0.25) is 5.02 Å². The molecule has 0 atom stereocenters. The molecular weight excluding hydrogens is 314 g/mol. The number of hydrogen-bond donors (Lipinski definition) is 1. The van der Waals surface area contributed by atoms with Gasteiger partial charge >= 0.3 is 0 Å². The fourth-order valence-electron chi connectivity index (χ4n) is 1.89. The molecule has 1 amide bonds. The molecule has 4 nitrogen and oxygen atoms in total. The summed E-state index contributed by atoms with van der Waals surface area (Å²) >= 11 is 5.79. The molecule has 0 heterocycles. The highest BCUT2D eigenvalue weighted by molar-refractivity contribution is 6.30. The highest BCUT2D eigenvalue weighted by Crippen LogP contribution is 2.15. The molecule has 0 saturated carbocycles. The van der Waals surface area contributed by atoms with E-state index in [-0.39, 0.29) is 18.6 Å². The maximum absolute atomic E-state index is 11.8. The Hall–Kier alpha value is -2.20. The van der Waals surface area contributed by atoms with E-state index in [1.807, 2.05) is 38.1 Å². The van der Waals surface area contributed by atoms with Crippen LogP contribution in [-0.2, 0) is 11.3 Å². The van der Waals surface area contributed by atoms with Crippen molar-refractivity contribution in [1.82, 2.24) is 5.32 Å². The molecule has 0 fully saturated rings. The number of carbonyl (C=O) groups excluding carboxylic acids is 1. The monoisotopic (exact) mass is 333 g/mol. The Morgan fingerprint density at radius 2 is 1.65 bits per heavy atom. The van der Waals surface area contributed by atoms with Crippen molar-refractivity contribution in [2.75, 3.05) is 6.61 Å². The van der Waals surface area contributed by atoms with E-state index in [1.165, 1.54) is 0 Å². The Bertz CT molecular complexity index is 624. The summed E-state index contributed by atoms with van der Waals surface area (Å²) in [6.45, 7) is 4.38. The summed E-state index contributed by atoms with van der Waals surface area (Å²) in [5.74, 6) is 1.25. The lowest BCUT2D eigenvalue weighted by molar-refractivity contribution is -0.123. The maximum Gasteiger partial charge on any atom is 0.258 e. The van der Waals surface area contributed by atoms with E-state index in [4.69, 9.17) is 21.1 Å². The van der Waals surface area contributed by atoms with Crippen molar-refractivity contribution in [3.05, 3.63) is 59.1 Å². The molecule has 0 unspecified atom stereocenters. The van der Waals surface area contributed by atoms with Crippen LogP contribution in [0.4, 0.5) is 0 Å². The van der Waals surface area contributed by atoms with Gasteiger partial charge in [-0.15, -0.1) is 0 Å². The summed E-state index contributed by atoms with van der Waals surface area (Å²) in [5, 5.41) is 3.44. The second kappa shape index (κ2) is 8.44. The molecule has 0 aliphatic carbocycles. The molecule has 0 bridgehead atoms. The van der Waals surface area contributed by atoms with E-state index < -0.39 is 0 Å². The molecule has 0 spiro atoms. The van der Waals surface area contributed by atoms with Crippen molar-refractivity contribution in [3.8, 4) is 11.5 Å². The third-order valence-corrected chi connectivity index (χ3v) is 3.22. The number of nitrogens with one attached hydrogen (secondary N) is 1. The van der Waals surface area contributed by atoms with Crippen LogP contribution in [0.1, 0.15) is 19.4 Å². The lowest BCUT2D eigenvalue weighted by Gasteiger charge is -2.11. The van der Waals surface area contributed by atoms with Gasteiger partial charge in [-0.25, -0.2) is 0 Å². The first-order valence-electron chi connectivity index (χ1n) is 7.43. The zero-order valence-corrected chi connectivity index (χ0v) is 14.0. The Balaban J connectivity index is 1.74. The lowest BCUT2D eigenvalue weighted by Crippen LogP contribution is -2.28. The Kier molecular flexibility index (Phi) is 6.29. The quantitative estimate of drug-likeness (QED) is 0.837. The summed E-state index contributed by atoms with van der Waals surface area (Å²) in [6, 6.07) is 14.5. The van der Waals surface area contributed by atoms with E-state index in [0.29, 0.717) is 17.3 Å². The van der Waals surface area contributed by atoms with E-state index >= 15 is 0 Å². The molecule has 5 heteroatoms. The van der Waals surface area contributed by atoms with Crippen LogP contribution >= 0.6 is 11.6 Å². The second-order valence-electron chi connectivity index (χ2n) is 5.33. The molecule has 1 N–H and O–H groups in total. The minimum Gasteiger partial charge on any atom is -0.491 e.